The van der Waals surface area contributed by atoms with E-state index in [0.29, 0.717) is 0 Å². The maximum atomic E-state index is 9.90. The monoisotopic (exact) mass is 206 g/mol. The number of methoxy groups -OCH3 is 1. The second-order valence-corrected chi connectivity index (χ2v) is 4.35. The van der Waals surface area contributed by atoms with E-state index in [1.54, 1.807) is 7.11 Å². The van der Waals surface area contributed by atoms with Crippen LogP contribution < -0.4 is 4.74 Å². The fourth-order valence-electron chi connectivity index (χ4n) is 2.45. The molecule has 0 aromatic heterocycles. The Balaban J connectivity index is 2.36. The summed E-state index contributed by atoms with van der Waals surface area (Å²) in [6, 6.07) is 6.18. The summed E-state index contributed by atoms with van der Waals surface area (Å²) in [5.41, 5.74) is 2.40. The van der Waals surface area contributed by atoms with Gasteiger partial charge in [0.15, 0.2) is 0 Å². The van der Waals surface area contributed by atoms with Gasteiger partial charge in [0.25, 0.3) is 0 Å². The summed E-state index contributed by atoms with van der Waals surface area (Å²) in [5.74, 6) is 1.17. The molecule has 0 aliphatic heterocycles. The zero-order valence-corrected chi connectivity index (χ0v) is 9.36. The lowest BCUT2D eigenvalue weighted by molar-refractivity contribution is 0.162. The van der Waals surface area contributed by atoms with Gasteiger partial charge in [-0.15, -0.1) is 0 Å². The Hall–Kier alpha value is -1.02. The Bertz CT molecular complexity index is 346. The molecule has 2 nitrogen and oxygen atoms in total. The van der Waals surface area contributed by atoms with E-state index in [1.165, 1.54) is 11.1 Å². The number of hydrogen-bond donors (Lipinski definition) is 1. The first-order valence-electron chi connectivity index (χ1n) is 5.55. The molecule has 0 saturated heterocycles. The summed E-state index contributed by atoms with van der Waals surface area (Å²) >= 11 is 0. The molecule has 2 heteroatoms. The molecule has 1 N–H and O–H groups in total. The van der Waals surface area contributed by atoms with Gasteiger partial charge in [0.05, 0.1) is 13.2 Å². The third-order valence-electron chi connectivity index (χ3n) is 3.26. The highest BCUT2D eigenvalue weighted by molar-refractivity contribution is 5.40. The highest BCUT2D eigenvalue weighted by Gasteiger charge is 2.28. The summed E-state index contributed by atoms with van der Waals surface area (Å²) in [4.78, 5) is 0. The Kier molecular flexibility index (Phi) is 2.96. The topological polar surface area (TPSA) is 29.5 Å². The van der Waals surface area contributed by atoms with E-state index in [1.807, 2.05) is 12.1 Å². The van der Waals surface area contributed by atoms with Crippen molar-refractivity contribution in [3.63, 3.8) is 0 Å². The standard InChI is InChI=1S/C13H18O2/c1-9-6-7-13(15-2)11(8-9)10-4-3-5-12(10)14/h6-8,10,12,14H,3-5H2,1-2H3/t10-,12+/m1/s1. The van der Waals surface area contributed by atoms with Crippen LogP contribution in [-0.4, -0.2) is 18.3 Å². The van der Waals surface area contributed by atoms with Gasteiger partial charge < -0.3 is 9.84 Å². The van der Waals surface area contributed by atoms with Gasteiger partial charge in [0, 0.05) is 11.5 Å². The largest absolute Gasteiger partial charge is 0.496 e. The molecule has 0 spiro atoms. The van der Waals surface area contributed by atoms with Gasteiger partial charge in [-0.25, -0.2) is 0 Å². The summed E-state index contributed by atoms with van der Waals surface area (Å²) in [6.45, 7) is 2.07. The number of aryl methyl sites for hydroxylation is 1. The molecule has 1 aliphatic carbocycles. The van der Waals surface area contributed by atoms with Crippen LogP contribution in [0, 0.1) is 6.92 Å². The fourth-order valence-corrected chi connectivity index (χ4v) is 2.45. The van der Waals surface area contributed by atoms with Crippen molar-refractivity contribution in [1.29, 1.82) is 0 Å². The van der Waals surface area contributed by atoms with Crippen LogP contribution in [0.25, 0.3) is 0 Å². The predicted molar refractivity (Wildman–Crippen MR) is 60.3 cm³/mol. The van der Waals surface area contributed by atoms with E-state index < -0.39 is 0 Å². The quantitative estimate of drug-likeness (QED) is 0.806. The summed E-state index contributed by atoms with van der Waals surface area (Å²) in [7, 11) is 1.69. The van der Waals surface area contributed by atoms with Gasteiger partial charge in [-0.2, -0.15) is 0 Å². The van der Waals surface area contributed by atoms with Gasteiger partial charge in [0.1, 0.15) is 5.75 Å². The second kappa shape index (κ2) is 4.23. The van der Waals surface area contributed by atoms with Crippen molar-refractivity contribution in [2.24, 2.45) is 0 Å². The Labute approximate surface area is 90.9 Å². The molecule has 0 unspecified atom stereocenters. The molecular weight excluding hydrogens is 188 g/mol. The minimum Gasteiger partial charge on any atom is -0.496 e. The molecule has 1 saturated carbocycles. The first-order valence-corrected chi connectivity index (χ1v) is 5.55. The maximum absolute atomic E-state index is 9.90. The average molecular weight is 206 g/mol. The van der Waals surface area contributed by atoms with Gasteiger partial charge in [-0.05, 0) is 25.8 Å². The van der Waals surface area contributed by atoms with Gasteiger partial charge in [-0.1, -0.05) is 24.1 Å². The lowest BCUT2D eigenvalue weighted by atomic mass is 9.93. The van der Waals surface area contributed by atoms with E-state index in [2.05, 4.69) is 13.0 Å². The Morgan fingerprint density at radius 1 is 1.33 bits per heavy atom. The number of rotatable bonds is 2. The van der Waals surface area contributed by atoms with E-state index in [4.69, 9.17) is 4.74 Å². The van der Waals surface area contributed by atoms with Crippen LogP contribution in [0.1, 0.15) is 36.3 Å². The number of aliphatic hydroxyl groups excluding tert-OH is 1. The predicted octanol–water partition coefficient (Wildman–Crippen LogP) is 2.63. The van der Waals surface area contributed by atoms with Crippen molar-refractivity contribution in [2.45, 2.75) is 38.2 Å². The van der Waals surface area contributed by atoms with E-state index in [-0.39, 0.29) is 12.0 Å². The molecule has 0 heterocycles. The summed E-state index contributed by atoms with van der Waals surface area (Å²) < 4.78 is 5.35. The number of ether oxygens (including phenoxy) is 1. The summed E-state index contributed by atoms with van der Waals surface area (Å²) in [5, 5.41) is 9.90. The molecule has 0 amide bonds. The van der Waals surface area contributed by atoms with Crippen LogP contribution >= 0.6 is 0 Å². The number of benzene rings is 1. The maximum Gasteiger partial charge on any atom is 0.122 e. The molecule has 1 aromatic carbocycles. The van der Waals surface area contributed by atoms with Gasteiger partial charge in [0.2, 0.25) is 0 Å². The van der Waals surface area contributed by atoms with Crippen LogP contribution in [0.15, 0.2) is 18.2 Å². The van der Waals surface area contributed by atoms with Crippen molar-refractivity contribution >= 4 is 0 Å². The normalized spacial score (nSPS) is 25.5. The third kappa shape index (κ3) is 2.00. The Morgan fingerprint density at radius 3 is 2.73 bits per heavy atom. The molecule has 1 aromatic rings. The third-order valence-corrected chi connectivity index (χ3v) is 3.26. The van der Waals surface area contributed by atoms with Crippen molar-refractivity contribution in [3.05, 3.63) is 29.3 Å². The highest BCUT2D eigenvalue weighted by atomic mass is 16.5. The minimum absolute atomic E-state index is 0.194. The number of aliphatic hydroxyl groups is 1. The van der Waals surface area contributed by atoms with Crippen LogP contribution in [0.4, 0.5) is 0 Å². The minimum atomic E-state index is -0.194. The van der Waals surface area contributed by atoms with Crippen LogP contribution in [0.3, 0.4) is 0 Å². The Morgan fingerprint density at radius 2 is 2.13 bits per heavy atom. The smallest absolute Gasteiger partial charge is 0.122 e. The van der Waals surface area contributed by atoms with Crippen molar-refractivity contribution < 1.29 is 9.84 Å². The molecule has 15 heavy (non-hydrogen) atoms. The van der Waals surface area contributed by atoms with E-state index in [0.717, 1.165) is 25.0 Å². The zero-order valence-electron chi connectivity index (χ0n) is 9.36. The van der Waals surface area contributed by atoms with Crippen LogP contribution in [-0.2, 0) is 0 Å². The van der Waals surface area contributed by atoms with Crippen molar-refractivity contribution in [2.75, 3.05) is 7.11 Å². The van der Waals surface area contributed by atoms with Crippen molar-refractivity contribution in [1.82, 2.24) is 0 Å². The van der Waals surface area contributed by atoms with Crippen LogP contribution in [0.2, 0.25) is 0 Å². The molecule has 2 atom stereocenters. The molecule has 2 rings (SSSR count). The van der Waals surface area contributed by atoms with Crippen LogP contribution in [0.5, 0.6) is 5.75 Å². The second-order valence-electron chi connectivity index (χ2n) is 4.35. The fraction of sp³-hybridized carbons (Fsp3) is 0.538. The van der Waals surface area contributed by atoms with Crippen molar-refractivity contribution in [3.8, 4) is 5.75 Å². The number of hydrogen-bond acceptors (Lipinski definition) is 2. The van der Waals surface area contributed by atoms with Gasteiger partial charge in [-0.3, -0.25) is 0 Å². The van der Waals surface area contributed by atoms with E-state index >= 15 is 0 Å². The van der Waals surface area contributed by atoms with Gasteiger partial charge >= 0.3 is 0 Å². The molecule has 1 fully saturated rings. The first-order chi connectivity index (χ1) is 7.22. The molecule has 0 radical (unpaired) electrons. The summed E-state index contributed by atoms with van der Waals surface area (Å²) in [6.07, 6.45) is 2.91. The average Bonchev–Trinajstić information content (AvgIpc) is 2.64. The highest BCUT2D eigenvalue weighted by Crippen LogP contribution is 2.39. The molecular formula is C13H18O2. The molecule has 0 bridgehead atoms. The molecule has 82 valence electrons. The molecule has 1 aliphatic rings. The first kappa shape index (κ1) is 10.5. The lowest BCUT2D eigenvalue weighted by Gasteiger charge is -2.18. The SMILES string of the molecule is COc1ccc(C)cc1[C@H]1CCC[C@@H]1O. The lowest BCUT2D eigenvalue weighted by Crippen LogP contribution is -2.12. The zero-order chi connectivity index (χ0) is 10.8. The van der Waals surface area contributed by atoms with E-state index in [9.17, 15) is 5.11 Å².